The van der Waals surface area contributed by atoms with Crippen molar-refractivity contribution in [2.45, 2.75) is 31.3 Å². The molecule has 0 aromatic heterocycles. The van der Waals surface area contributed by atoms with Gasteiger partial charge >= 0.3 is 6.18 Å². The first-order valence-electron chi connectivity index (χ1n) is 7.68. The first kappa shape index (κ1) is 18.4. The standard InChI is InChI=1S/C18H21F3N2O/c19-18(20,21)16-8-4-7-15(11-16)13-23-10-9-17(22,24)12-14-5-2-1-3-6-14/h1-8,11,23-24H,9-10,12-13,22H2. The summed E-state index contributed by atoms with van der Waals surface area (Å²) in [5, 5.41) is 13.2. The molecule has 0 radical (unpaired) electrons. The Morgan fingerprint density at radius 1 is 0.958 bits per heavy atom. The van der Waals surface area contributed by atoms with E-state index in [2.05, 4.69) is 5.32 Å². The normalized spacial score (nSPS) is 14.4. The Balaban J connectivity index is 1.80. The summed E-state index contributed by atoms with van der Waals surface area (Å²) in [5.74, 6) is 0. The molecule has 0 spiro atoms. The van der Waals surface area contributed by atoms with Crippen molar-refractivity contribution in [1.29, 1.82) is 0 Å². The van der Waals surface area contributed by atoms with Crippen molar-refractivity contribution >= 4 is 0 Å². The van der Waals surface area contributed by atoms with Crippen molar-refractivity contribution in [3.05, 3.63) is 71.3 Å². The van der Waals surface area contributed by atoms with Gasteiger partial charge in [-0.1, -0.05) is 48.5 Å². The van der Waals surface area contributed by atoms with Crippen LogP contribution in [-0.2, 0) is 19.1 Å². The van der Waals surface area contributed by atoms with Crippen molar-refractivity contribution in [3.8, 4) is 0 Å². The highest BCUT2D eigenvalue weighted by Crippen LogP contribution is 2.29. The number of nitrogens with one attached hydrogen (secondary N) is 1. The van der Waals surface area contributed by atoms with Crippen LogP contribution in [0.2, 0.25) is 0 Å². The molecule has 0 amide bonds. The highest BCUT2D eigenvalue weighted by atomic mass is 19.4. The van der Waals surface area contributed by atoms with Gasteiger partial charge < -0.3 is 16.2 Å². The molecule has 0 aliphatic heterocycles. The Hall–Kier alpha value is -1.89. The van der Waals surface area contributed by atoms with Crippen LogP contribution in [0.4, 0.5) is 13.2 Å². The summed E-state index contributed by atoms with van der Waals surface area (Å²) in [5.41, 5.74) is 5.32. The van der Waals surface area contributed by atoms with Gasteiger partial charge in [0.1, 0.15) is 5.72 Å². The van der Waals surface area contributed by atoms with E-state index in [9.17, 15) is 18.3 Å². The van der Waals surface area contributed by atoms with Crippen LogP contribution in [0.3, 0.4) is 0 Å². The molecule has 0 aliphatic carbocycles. The topological polar surface area (TPSA) is 58.3 Å². The van der Waals surface area contributed by atoms with E-state index in [1.807, 2.05) is 30.3 Å². The minimum absolute atomic E-state index is 0.283. The van der Waals surface area contributed by atoms with Crippen LogP contribution >= 0.6 is 0 Å². The van der Waals surface area contributed by atoms with Gasteiger partial charge in [-0.15, -0.1) is 0 Å². The summed E-state index contributed by atoms with van der Waals surface area (Å²) >= 11 is 0. The molecule has 0 fully saturated rings. The molecule has 130 valence electrons. The molecule has 24 heavy (non-hydrogen) atoms. The molecule has 4 N–H and O–H groups in total. The monoisotopic (exact) mass is 338 g/mol. The van der Waals surface area contributed by atoms with E-state index in [1.54, 1.807) is 6.07 Å². The van der Waals surface area contributed by atoms with Crippen molar-refractivity contribution in [1.82, 2.24) is 5.32 Å². The average Bonchev–Trinajstić information content (AvgIpc) is 2.52. The minimum Gasteiger partial charge on any atom is -0.376 e. The van der Waals surface area contributed by atoms with Gasteiger partial charge in [0.25, 0.3) is 0 Å². The first-order valence-corrected chi connectivity index (χ1v) is 7.68. The smallest absolute Gasteiger partial charge is 0.376 e. The van der Waals surface area contributed by atoms with Crippen molar-refractivity contribution in [2.24, 2.45) is 5.73 Å². The Morgan fingerprint density at radius 3 is 2.29 bits per heavy atom. The highest BCUT2D eigenvalue weighted by molar-refractivity contribution is 5.25. The average molecular weight is 338 g/mol. The molecular formula is C18H21F3N2O. The molecule has 1 unspecified atom stereocenters. The van der Waals surface area contributed by atoms with E-state index in [4.69, 9.17) is 5.73 Å². The van der Waals surface area contributed by atoms with Gasteiger partial charge in [-0.05, 0) is 23.7 Å². The largest absolute Gasteiger partial charge is 0.416 e. The van der Waals surface area contributed by atoms with Gasteiger partial charge in [0, 0.05) is 19.4 Å². The van der Waals surface area contributed by atoms with Gasteiger partial charge in [0.2, 0.25) is 0 Å². The second kappa shape index (κ2) is 7.79. The number of benzene rings is 2. The third kappa shape index (κ3) is 5.96. The van der Waals surface area contributed by atoms with Crippen molar-refractivity contribution in [3.63, 3.8) is 0 Å². The van der Waals surface area contributed by atoms with Crippen LogP contribution in [0.5, 0.6) is 0 Å². The fourth-order valence-electron chi connectivity index (χ4n) is 2.43. The third-order valence-corrected chi connectivity index (χ3v) is 3.67. The van der Waals surface area contributed by atoms with E-state index >= 15 is 0 Å². The number of halogens is 3. The summed E-state index contributed by atoms with van der Waals surface area (Å²) in [7, 11) is 0. The van der Waals surface area contributed by atoms with Crippen LogP contribution in [0.1, 0.15) is 23.1 Å². The van der Waals surface area contributed by atoms with Crippen LogP contribution in [0.25, 0.3) is 0 Å². The molecule has 2 aromatic rings. The molecule has 6 heteroatoms. The summed E-state index contributed by atoms with van der Waals surface area (Å²) < 4.78 is 37.9. The zero-order valence-corrected chi connectivity index (χ0v) is 13.2. The molecule has 2 rings (SSSR count). The van der Waals surface area contributed by atoms with Crippen LogP contribution in [0, 0.1) is 0 Å². The third-order valence-electron chi connectivity index (χ3n) is 3.67. The van der Waals surface area contributed by atoms with E-state index in [1.165, 1.54) is 6.07 Å². The predicted molar refractivity (Wildman–Crippen MR) is 87.1 cm³/mol. The van der Waals surface area contributed by atoms with Gasteiger partial charge in [0.05, 0.1) is 5.56 Å². The molecular weight excluding hydrogens is 317 g/mol. The molecule has 3 nitrogen and oxygen atoms in total. The maximum atomic E-state index is 12.6. The number of hydrogen-bond donors (Lipinski definition) is 3. The molecule has 0 saturated carbocycles. The lowest BCUT2D eigenvalue weighted by molar-refractivity contribution is -0.137. The first-order chi connectivity index (χ1) is 11.3. The number of nitrogens with two attached hydrogens (primary N) is 1. The van der Waals surface area contributed by atoms with Crippen molar-refractivity contribution in [2.75, 3.05) is 6.54 Å². The van der Waals surface area contributed by atoms with Gasteiger partial charge in [-0.25, -0.2) is 0 Å². The van der Waals surface area contributed by atoms with Gasteiger partial charge in [-0.3, -0.25) is 0 Å². The lowest BCUT2D eigenvalue weighted by Crippen LogP contribution is -2.44. The fourth-order valence-corrected chi connectivity index (χ4v) is 2.43. The van der Waals surface area contributed by atoms with Crippen molar-refractivity contribution < 1.29 is 18.3 Å². The zero-order valence-electron chi connectivity index (χ0n) is 13.2. The van der Waals surface area contributed by atoms with Gasteiger partial charge in [-0.2, -0.15) is 13.2 Å². The quantitative estimate of drug-likeness (QED) is 0.537. The van der Waals surface area contributed by atoms with E-state index < -0.39 is 17.5 Å². The number of hydrogen-bond acceptors (Lipinski definition) is 3. The van der Waals surface area contributed by atoms with Crippen LogP contribution < -0.4 is 11.1 Å². The number of alkyl halides is 3. The maximum absolute atomic E-state index is 12.6. The summed E-state index contributed by atoms with van der Waals surface area (Å²) in [4.78, 5) is 0. The maximum Gasteiger partial charge on any atom is 0.416 e. The Labute approximate surface area is 139 Å². The second-order valence-electron chi connectivity index (χ2n) is 5.89. The molecule has 1 atom stereocenters. The Morgan fingerprint density at radius 2 is 1.62 bits per heavy atom. The van der Waals surface area contributed by atoms with Gasteiger partial charge in [0.15, 0.2) is 0 Å². The molecule has 0 heterocycles. The highest BCUT2D eigenvalue weighted by Gasteiger charge is 2.30. The fraction of sp³-hybridized carbons (Fsp3) is 0.333. The molecule has 0 aliphatic rings. The SMILES string of the molecule is NC(O)(CCNCc1cccc(C(F)(F)F)c1)Cc1ccccc1. The van der Waals surface area contributed by atoms with E-state index in [-0.39, 0.29) is 6.54 Å². The molecule has 0 saturated heterocycles. The Kier molecular flexibility index (Phi) is 5.99. The number of rotatable bonds is 7. The Bertz CT molecular complexity index is 642. The van der Waals surface area contributed by atoms with E-state index in [0.29, 0.717) is 24.9 Å². The lowest BCUT2D eigenvalue weighted by Gasteiger charge is -2.23. The molecule has 2 aromatic carbocycles. The number of aliphatic hydroxyl groups is 1. The summed E-state index contributed by atoms with van der Waals surface area (Å²) in [6.45, 7) is 0.682. The zero-order chi connectivity index (χ0) is 17.6. The minimum atomic E-state index is -4.34. The summed E-state index contributed by atoms with van der Waals surface area (Å²) in [6, 6.07) is 14.6. The van der Waals surface area contributed by atoms with Crippen LogP contribution in [0.15, 0.2) is 54.6 Å². The predicted octanol–water partition coefficient (Wildman–Crippen LogP) is 3.08. The lowest BCUT2D eigenvalue weighted by atomic mass is 10.0. The molecule has 0 bridgehead atoms. The van der Waals surface area contributed by atoms with E-state index in [0.717, 1.165) is 17.7 Å². The van der Waals surface area contributed by atoms with Crippen LogP contribution in [-0.4, -0.2) is 17.4 Å². The second-order valence-corrected chi connectivity index (χ2v) is 5.89. The summed E-state index contributed by atoms with van der Waals surface area (Å²) in [6.07, 6.45) is -3.73.